The Kier molecular flexibility index (Phi) is 3.82. The quantitative estimate of drug-likeness (QED) is 0.702. The van der Waals surface area contributed by atoms with Gasteiger partial charge in [0.1, 0.15) is 0 Å². The maximum Gasteiger partial charge on any atom is 0.376 e. The van der Waals surface area contributed by atoms with Crippen molar-refractivity contribution in [1.82, 2.24) is 14.8 Å². The summed E-state index contributed by atoms with van der Waals surface area (Å²) in [7, 11) is 1.70. The maximum atomic E-state index is 11.4. The Morgan fingerprint density at radius 3 is 2.73 bits per heavy atom. The Bertz CT molecular complexity index is 344. The number of esters is 1. The van der Waals surface area contributed by atoms with Gasteiger partial charge >= 0.3 is 5.97 Å². The van der Waals surface area contributed by atoms with E-state index in [0.717, 1.165) is 6.42 Å². The van der Waals surface area contributed by atoms with E-state index in [1.54, 1.807) is 14.0 Å². The van der Waals surface area contributed by atoms with Crippen LogP contribution in [0.5, 0.6) is 0 Å². The molecule has 0 saturated heterocycles. The molecule has 0 aliphatic heterocycles. The Labute approximate surface area is 89.5 Å². The molecule has 0 fully saturated rings. The summed E-state index contributed by atoms with van der Waals surface area (Å²) < 4.78 is 6.33. The Hall–Kier alpha value is -1.39. The molecule has 5 nitrogen and oxygen atoms in total. The fourth-order valence-electron chi connectivity index (χ4n) is 1.26. The highest BCUT2D eigenvalue weighted by atomic mass is 16.5. The highest BCUT2D eigenvalue weighted by Gasteiger charge is 2.16. The largest absolute Gasteiger partial charge is 0.460 e. The molecule has 5 heteroatoms. The molecule has 0 aliphatic rings. The van der Waals surface area contributed by atoms with E-state index in [4.69, 9.17) is 4.74 Å². The van der Waals surface area contributed by atoms with Crippen molar-refractivity contribution in [3.8, 4) is 0 Å². The third kappa shape index (κ3) is 3.04. The van der Waals surface area contributed by atoms with Crippen LogP contribution in [-0.4, -0.2) is 27.3 Å². The fraction of sp³-hybridized carbons (Fsp3) is 0.700. The van der Waals surface area contributed by atoms with Crippen molar-refractivity contribution in [3.63, 3.8) is 0 Å². The molecule has 1 rings (SSSR count). The van der Waals surface area contributed by atoms with Crippen molar-refractivity contribution < 1.29 is 9.53 Å². The molecule has 0 radical (unpaired) electrons. The Morgan fingerprint density at radius 1 is 1.53 bits per heavy atom. The van der Waals surface area contributed by atoms with Crippen LogP contribution in [0.2, 0.25) is 0 Å². The summed E-state index contributed by atoms with van der Waals surface area (Å²) in [6, 6.07) is 0. The van der Waals surface area contributed by atoms with Crippen LogP contribution in [0.3, 0.4) is 0 Å². The smallest absolute Gasteiger partial charge is 0.376 e. The van der Waals surface area contributed by atoms with Crippen LogP contribution in [0.25, 0.3) is 0 Å². The van der Waals surface area contributed by atoms with Gasteiger partial charge in [0, 0.05) is 13.5 Å². The van der Waals surface area contributed by atoms with E-state index in [2.05, 4.69) is 23.9 Å². The molecule has 0 unspecified atom stereocenters. The number of carbonyl (C=O) groups excluding carboxylic acids is 1. The summed E-state index contributed by atoms with van der Waals surface area (Å²) in [6.07, 6.45) is 0.771. The molecule has 0 spiro atoms. The fourth-order valence-corrected chi connectivity index (χ4v) is 1.26. The van der Waals surface area contributed by atoms with E-state index in [9.17, 15) is 4.79 Å². The zero-order chi connectivity index (χ0) is 11.4. The zero-order valence-electron chi connectivity index (χ0n) is 9.65. The first kappa shape index (κ1) is 11.7. The molecular weight excluding hydrogens is 194 g/mol. The second-order valence-corrected chi connectivity index (χ2v) is 3.79. The summed E-state index contributed by atoms with van der Waals surface area (Å²) in [5.41, 5.74) is 0. The monoisotopic (exact) mass is 211 g/mol. The predicted octanol–water partition coefficient (Wildman–Crippen LogP) is 1.19. The van der Waals surface area contributed by atoms with Gasteiger partial charge in [-0.1, -0.05) is 13.8 Å². The van der Waals surface area contributed by atoms with Crippen molar-refractivity contribution in [2.45, 2.75) is 27.2 Å². The van der Waals surface area contributed by atoms with Gasteiger partial charge in [0.25, 0.3) is 0 Å². The van der Waals surface area contributed by atoms with Crippen LogP contribution in [0.4, 0.5) is 0 Å². The molecule has 1 aromatic heterocycles. The number of aromatic nitrogens is 3. The molecule has 0 atom stereocenters. The van der Waals surface area contributed by atoms with Gasteiger partial charge in [-0.15, -0.1) is 0 Å². The summed E-state index contributed by atoms with van der Waals surface area (Å²) in [5.74, 6) is 1.02. The zero-order valence-corrected chi connectivity index (χ0v) is 9.65. The van der Waals surface area contributed by atoms with Crippen LogP contribution in [0.1, 0.15) is 37.2 Å². The number of rotatable bonds is 4. The molecule has 0 aliphatic carbocycles. The van der Waals surface area contributed by atoms with E-state index < -0.39 is 5.97 Å². The number of carbonyl (C=O) groups is 1. The molecule has 0 saturated carbocycles. The molecule has 15 heavy (non-hydrogen) atoms. The van der Waals surface area contributed by atoms with Crippen LogP contribution in [-0.2, 0) is 18.2 Å². The number of hydrogen-bond donors (Lipinski definition) is 0. The third-order valence-corrected chi connectivity index (χ3v) is 1.86. The third-order valence-electron chi connectivity index (χ3n) is 1.86. The number of nitrogens with zero attached hydrogens (tertiary/aromatic N) is 3. The van der Waals surface area contributed by atoms with Gasteiger partial charge in [-0.05, 0) is 12.8 Å². The minimum absolute atomic E-state index is 0.271. The number of ether oxygens (including phenoxy) is 1. The van der Waals surface area contributed by atoms with E-state index in [1.807, 2.05) is 0 Å². The highest BCUT2D eigenvalue weighted by Crippen LogP contribution is 2.05. The first-order valence-corrected chi connectivity index (χ1v) is 5.11. The molecule has 84 valence electrons. The van der Waals surface area contributed by atoms with Gasteiger partial charge in [0.05, 0.1) is 6.61 Å². The lowest BCUT2D eigenvalue weighted by atomic mass is 10.1. The summed E-state index contributed by atoms with van der Waals surface area (Å²) >= 11 is 0. The van der Waals surface area contributed by atoms with Gasteiger partial charge in [-0.25, -0.2) is 14.5 Å². The standard InChI is InChI=1S/C10H17N3O2/c1-5-15-10(14)9-11-8(6-7(2)3)12-13(9)4/h7H,5-6H2,1-4H3. The summed E-state index contributed by atoms with van der Waals surface area (Å²) in [6.45, 7) is 6.29. The van der Waals surface area contributed by atoms with Gasteiger partial charge in [-0.2, -0.15) is 5.10 Å². The lowest BCUT2D eigenvalue weighted by Crippen LogP contribution is -2.11. The summed E-state index contributed by atoms with van der Waals surface area (Å²) in [4.78, 5) is 15.6. The van der Waals surface area contributed by atoms with Crippen molar-refractivity contribution in [2.24, 2.45) is 13.0 Å². The number of hydrogen-bond acceptors (Lipinski definition) is 4. The van der Waals surface area contributed by atoms with Crippen LogP contribution < -0.4 is 0 Å². The first-order valence-electron chi connectivity index (χ1n) is 5.11. The second-order valence-electron chi connectivity index (χ2n) is 3.79. The van der Waals surface area contributed by atoms with Crippen molar-refractivity contribution in [2.75, 3.05) is 6.61 Å². The predicted molar refractivity (Wildman–Crippen MR) is 55.5 cm³/mol. The first-order chi connectivity index (χ1) is 7.04. The molecule has 1 aromatic rings. The van der Waals surface area contributed by atoms with Crippen molar-refractivity contribution in [3.05, 3.63) is 11.6 Å². The molecule has 0 bridgehead atoms. The lowest BCUT2D eigenvalue weighted by Gasteiger charge is -1.98. The molecular formula is C10H17N3O2. The second kappa shape index (κ2) is 4.91. The minimum Gasteiger partial charge on any atom is -0.460 e. The van der Waals surface area contributed by atoms with Gasteiger partial charge in [-0.3, -0.25) is 0 Å². The van der Waals surface area contributed by atoms with E-state index in [-0.39, 0.29) is 5.82 Å². The topological polar surface area (TPSA) is 57.0 Å². The van der Waals surface area contributed by atoms with Crippen molar-refractivity contribution in [1.29, 1.82) is 0 Å². The SMILES string of the molecule is CCOC(=O)c1nc(CC(C)C)nn1C. The highest BCUT2D eigenvalue weighted by molar-refractivity contribution is 5.85. The van der Waals surface area contributed by atoms with Crippen LogP contribution in [0, 0.1) is 5.92 Å². The van der Waals surface area contributed by atoms with Crippen LogP contribution >= 0.6 is 0 Å². The Balaban J connectivity index is 2.81. The lowest BCUT2D eigenvalue weighted by molar-refractivity contribution is 0.0506. The van der Waals surface area contributed by atoms with Gasteiger partial charge in [0.15, 0.2) is 5.82 Å². The van der Waals surface area contributed by atoms with Crippen molar-refractivity contribution >= 4 is 5.97 Å². The van der Waals surface area contributed by atoms with E-state index in [0.29, 0.717) is 18.3 Å². The van der Waals surface area contributed by atoms with Crippen LogP contribution in [0.15, 0.2) is 0 Å². The van der Waals surface area contributed by atoms with Gasteiger partial charge < -0.3 is 4.74 Å². The van der Waals surface area contributed by atoms with E-state index >= 15 is 0 Å². The average molecular weight is 211 g/mol. The minimum atomic E-state index is -0.414. The van der Waals surface area contributed by atoms with Gasteiger partial charge in [0.2, 0.25) is 5.82 Å². The van der Waals surface area contributed by atoms with E-state index in [1.165, 1.54) is 4.68 Å². The Morgan fingerprint density at radius 2 is 2.20 bits per heavy atom. The molecule has 0 N–H and O–H groups in total. The number of aryl methyl sites for hydroxylation is 1. The average Bonchev–Trinajstić information content (AvgIpc) is 2.46. The molecule has 0 aromatic carbocycles. The summed E-state index contributed by atoms with van der Waals surface area (Å²) in [5, 5.41) is 4.16. The molecule has 0 amide bonds. The maximum absolute atomic E-state index is 11.4. The normalized spacial score (nSPS) is 10.7. The molecule has 1 heterocycles.